The van der Waals surface area contributed by atoms with Crippen LogP contribution in [0.2, 0.25) is 0 Å². The fourth-order valence-corrected chi connectivity index (χ4v) is 4.86. The van der Waals surface area contributed by atoms with Crippen LogP contribution >= 0.6 is 22.6 Å². The summed E-state index contributed by atoms with van der Waals surface area (Å²) in [4.78, 5) is 7.15. The quantitative estimate of drug-likeness (QED) is 0.684. The van der Waals surface area contributed by atoms with Gasteiger partial charge in [0.1, 0.15) is 4.90 Å². The van der Waals surface area contributed by atoms with Crippen molar-refractivity contribution >= 4 is 49.0 Å². The van der Waals surface area contributed by atoms with E-state index in [4.69, 9.17) is 0 Å². The zero-order valence-corrected chi connectivity index (χ0v) is 15.7. The van der Waals surface area contributed by atoms with Gasteiger partial charge >= 0.3 is 0 Å². The molecule has 0 amide bonds. The molecule has 4 nitrogen and oxygen atoms in total. The fraction of sp³-hybridized carbons (Fsp3) is 0.438. The lowest BCUT2D eigenvalue weighted by atomic mass is 10.1. The normalized spacial score (nSPS) is 16.2. The van der Waals surface area contributed by atoms with Gasteiger partial charge in [0.2, 0.25) is 0 Å². The molecule has 1 aromatic heterocycles. The van der Waals surface area contributed by atoms with E-state index in [0.29, 0.717) is 10.6 Å². The molecule has 2 aromatic rings. The van der Waals surface area contributed by atoms with Crippen molar-refractivity contribution in [1.82, 2.24) is 4.98 Å². The number of hydrogen-bond donors (Lipinski definition) is 0. The number of pyridine rings is 1. The third-order valence-corrected chi connectivity index (χ3v) is 5.99. The highest BCUT2D eigenvalue weighted by Gasteiger charge is 2.25. The van der Waals surface area contributed by atoms with Crippen molar-refractivity contribution in [1.29, 1.82) is 0 Å². The second-order valence-electron chi connectivity index (χ2n) is 5.86. The number of benzene rings is 1. The Morgan fingerprint density at radius 3 is 2.50 bits per heavy atom. The summed E-state index contributed by atoms with van der Waals surface area (Å²) in [7, 11) is -3.32. The number of hydrogen-bond acceptors (Lipinski definition) is 4. The fourth-order valence-electron chi connectivity index (χ4n) is 3.20. The first-order chi connectivity index (χ1) is 10.4. The van der Waals surface area contributed by atoms with E-state index in [1.807, 2.05) is 18.2 Å². The predicted molar refractivity (Wildman–Crippen MR) is 98.4 cm³/mol. The number of aryl methyl sites for hydroxylation is 1. The van der Waals surface area contributed by atoms with Gasteiger partial charge < -0.3 is 4.90 Å². The maximum atomic E-state index is 12.4. The smallest absolute Gasteiger partial charge is 0.179 e. The molecule has 118 valence electrons. The molecule has 0 bridgehead atoms. The molecule has 1 saturated heterocycles. The predicted octanol–water partition coefficient (Wildman–Crippen LogP) is 3.54. The third-order valence-electron chi connectivity index (χ3n) is 4.09. The van der Waals surface area contributed by atoms with E-state index in [1.54, 1.807) is 6.92 Å². The van der Waals surface area contributed by atoms with Gasteiger partial charge in [-0.25, -0.2) is 8.42 Å². The minimum Gasteiger partial charge on any atom is -0.370 e. The molecule has 2 heterocycles. The van der Waals surface area contributed by atoms with Crippen LogP contribution in [0.25, 0.3) is 10.9 Å². The summed E-state index contributed by atoms with van der Waals surface area (Å²) in [6.45, 7) is 3.61. The van der Waals surface area contributed by atoms with Crippen molar-refractivity contribution in [3.63, 3.8) is 0 Å². The first-order valence-corrected chi connectivity index (χ1v) is 10.4. The topological polar surface area (TPSA) is 50.3 Å². The lowest BCUT2D eigenvalue weighted by Crippen LogP contribution is -2.31. The Morgan fingerprint density at radius 1 is 1.18 bits per heavy atom. The number of sulfone groups is 1. The van der Waals surface area contributed by atoms with Crippen molar-refractivity contribution in [3.8, 4) is 0 Å². The Balaban J connectivity index is 2.38. The average Bonchev–Trinajstić information content (AvgIpc) is 2.46. The van der Waals surface area contributed by atoms with Gasteiger partial charge in [0.25, 0.3) is 0 Å². The van der Waals surface area contributed by atoms with Crippen LogP contribution in [0, 0.1) is 10.5 Å². The number of halogens is 1. The Kier molecular flexibility index (Phi) is 4.33. The Bertz CT molecular complexity index is 828. The lowest BCUT2D eigenvalue weighted by Gasteiger charge is -2.31. The van der Waals surface area contributed by atoms with Gasteiger partial charge in [-0.15, -0.1) is 0 Å². The molecule has 0 spiro atoms. The first-order valence-electron chi connectivity index (χ1n) is 7.43. The number of piperidine rings is 1. The maximum Gasteiger partial charge on any atom is 0.179 e. The lowest BCUT2D eigenvalue weighted by molar-refractivity contribution is 0.572. The molecule has 0 saturated carbocycles. The number of anilines is 1. The highest BCUT2D eigenvalue weighted by molar-refractivity contribution is 14.1. The first kappa shape index (κ1) is 16.0. The molecule has 0 atom stereocenters. The van der Waals surface area contributed by atoms with E-state index >= 15 is 0 Å². The van der Waals surface area contributed by atoms with Crippen LogP contribution in [0.4, 0.5) is 5.69 Å². The standard InChI is InChI=1S/C16H19IN2O2S/c1-11-16(22(2,20)21)15(19-8-4-3-5-9-19)13-10-12(17)6-7-14(13)18-11/h6-7,10H,3-5,8-9H2,1-2H3. The van der Waals surface area contributed by atoms with E-state index in [0.717, 1.165) is 46.1 Å². The molecule has 0 unspecified atom stereocenters. The molecule has 3 rings (SSSR count). The SMILES string of the molecule is Cc1nc2ccc(I)cc2c(N2CCCCC2)c1S(C)(=O)=O. The van der Waals surface area contributed by atoms with Crippen LogP contribution in [0.15, 0.2) is 23.1 Å². The number of nitrogens with zero attached hydrogens (tertiary/aromatic N) is 2. The molecule has 22 heavy (non-hydrogen) atoms. The Morgan fingerprint density at radius 2 is 1.86 bits per heavy atom. The second-order valence-corrected chi connectivity index (χ2v) is 9.05. The summed E-state index contributed by atoms with van der Waals surface area (Å²) in [5.74, 6) is 0. The van der Waals surface area contributed by atoms with Gasteiger partial charge in [0.15, 0.2) is 9.84 Å². The summed E-state index contributed by atoms with van der Waals surface area (Å²) >= 11 is 2.26. The van der Waals surface area contributed by atoms with Crippen LogP contribution in [0.5, 0.6) is 0 Å². The van der Waals surface area contributed by atoms with E-state index in [1.165, 1.54) is 12.7 Å². The maximum absolute atomic E-state index is 12.4. The van der Waals surface area contributed by atoms with Crippen LogP contribution in [0.3, 0.4) is 0 Å². The third kappa shape index (κ3) is 2.95. The number of fused-ring (bicyclic) bond motifs is 1. The van der Waals surface area contributed by atoms with E-state index in [2.05, 4.69) is 32.5 Å². The minimum atomic E-state index is -3.32. The van der Waals surface area contributed by atoms with Gasteiger partial charge in [-0.2, -0.15) is 0 Å². The van der Waals surface area contributed by atoms with E-state index in [-0.39, 0.29) is 0 Å². The molecule has 1 aromatic carbocycles. The van der Waals surface area contributed by atoms with Crippen molar-refractivity contribution < 1.29 is 8.42 Å². The van der Waals surface area contributed by atoms with Crippen molar-refractivity contribution in [2.45, 2.75) is 31.1 Å². The Labute approximate surface area is 145 Å². The van der Waals surface area contributed by atoms with Crippen LogP contribution in [-0.4, -0.2) is 32.7 Å². The van der Waals surface area contributed by atoms with E-state index in [9.17, 15) is 8.42 Å². The number of aromatic nitrogens is 1. The monoisotopic (exact) mass is 430 g/mol. The molecular formula is C16H19IN2O2S. The summed E-state index contributed by atoms with van der Waals surface area (Å²) < 4.78 is 25.8. The molecule has 6 heteroatoms. The average molecular weight is 430 g/mol. The minimum absolute atomic E-state index is 0.393. The second kappa shape index (κ2) is 5.96. The van der Waals surface area contributed by atoms with Crippen LogP contribution < -0.4 is 4.90 Å². The summed E-state index contributed by atoms with van der Waals surface area (Å²) in [5.41, 5.74) is 2.31. The van der Waals surface area contributed by atoms with Crippen molar-refractivity contribution in [2.75, 3.05) is 24.2 Å². The van der Waals surface area contributed by atoms with E-state index < -0.39 is 9.84 Å². The van der Waals surface area contributed by atoms with Gasteiger partial charge in [-0.3, -0.25) is 4.98 Å². The largest absolute Gasteiger partial charge is 0.370 e. The summed E-state index contributed by atoms with van der Waals surface area (Å²) in [6, 6.07) is 6.03. The van der Waals surface area contributed by atoms with Crippen LogP contribution in [-0.2, 0) is 9.84 Å². The van der Waals surface area contributed by atoms with Crippen molar-refractivity contribution in [3.05, 3.63) is 27.5 Å². The highest BCUT2D eigenvalue weighted by Crippen LogP contribution is 2.37. The molecular weight excluding hydrogens is 411 g/mol. The summed E-state index contributed by atoms with van der Waals surface area (Å²) in [6.07, 6.45) is 4.71. The van der Waals surface area contributed by atoms with Gasteiger partial charge in [0, 0.05) is 28.3 Å². The summed E-state index contributed by atoms with van der Waals surface area (Å²) in [5, 5.41) is 0.944. The zero-order valence-electron chi connectivity index (χ0n) is 12.8. The van der Waals surface area contributed by atoms with Gasteiger partial charge in [0.05, 0.1) is 16.9 Å². The Hall–Kier alpha value is -0.890. The van der Waals surface area contributed by atoms with Crippen molar-refractivity contribution in [2.24, 2.45) is 0 Å². The van der Waals surface area contributed by atoms with Crippen LogP contribution in [0.1, 0.15) is 25.0 Å². The number of rotatable bonds is 2. The molecule has 1 fully saturated rings. The van der Waals surface area contributed by atoms with Gasteiger partial charge in [-0.05, 0) is 67.0 Å². The molecule has 1 aliphatic heterocycles. The van der Waals surface area contributed by atoms with Gasteiger partial charge in [-0.1, -0.05) is 0 Å². The molecule has 0 N–H and O–H groups in total. The molecule has 0 aliphatic carbocycles. The molecule has 0 radical (unpaired) electrons. The highest BCUT2D eigenvalue weighted by atomic mass is 127. The zero-order chi connectivity index (χ0) is 15.9. The molecule has 1 aliphatic rings.